The van der Waals surface area contributed by atoms with E-state index in [1.165, 1.54) is 0 Å². The highest BCUT2D eigenvalue weighted by molar-refractivity contribution is 6.46. The summed E-state index contributed by atoms with van der Waals surface area (Å²) in [5.74, 6) is -0.374. The first-order valence-corrected chi connectivity index (χ1v) is 11.4. The second-order valence-corrected chi connectivity index (χ2v) is 8.29. The molecule has 2 aromatic carbocycles. The first-order chi connectivity index (χ1) is 15.9. The maximum atomic E-state index is 13.2. The molecule has 0 radical (unpaired) electrons. The molecule has 0 saturated carbocycles. The maximum Gasteiger partial charge on any atom is 0.295 e. The topological polar surface area (TPSA) is 79.3 Å². The van der Waals surface area contributed by atoms with Crippen LogP contribution < -0.4 is 9.47 Å². The summed E-state index contributed by atoms with van der Waals surface area (Å²) in [5, 5.41) is 11.3. The van der Waals surface area contributed by atoms with Crippen molar-refractivity contribution in [1.82, 2.24) is 9.80 Å². The zero-order chi connectivity index (χ0) is 23.5. The number of carbonyl (C=O) groups is 2. The Bertz CT molecular complexity index is 1070. The minimum absolute atomic E-state index is 0.0973. The summed E-state index contributed by atoms with van der Waals surface area (Å²) in [5.41, 5.74) is 2.38. The summed E-state index contributed by atoms with van der Waals surface area (Å²) in [6, 6.07) is 12.1. The van der Waals surface area contributed by atoms with Crippen LogP contribution in [0.4, 0.5) is 0 Å². The third kappa shape index (κ3) is 4.46. The SMILES string of the molecule is CCN(CC)CCN1C(=O)C(=O)C(=C(O)c2ccc3c(c2)OCCO3)C1c1ccc(C)cc1. The number of amides is 1. The largest absolute Gasteiger partial charge is 0.507 e. The van der Waals surface area contributed by atoms with Crippen LogP contribution in [0.1, 0.15) is 36.6 Å². The average molecular weight is 451 g/mol. The number of hydrogen-bond donors (Lipinski definition) is 1. The van der Waals surface area contributed by atoms with Crippen molar-refractivity contribution in [2.24, 2.45) is 0 Å². The lowest BCUT2D eigenvalue weighted by Gasteiger charge is -2.28. The van der Waals surface area contributed by atoms with E-state index >= 15 is 0 Å². The lowest BCUT2D eigenvalue weighted by molar-refractivity contribution is -0.140. The van der Waals surface area contributed by atoms with Gasteiger partial charge in [-0.05, 0) is 43.8 Å². The number of hydrogen-bond acceptors (Lipinski definition) is 6. The number of fused-ring (bicyclic) bond motifs is 1. The number of ether oxygens (including phenoxy) is 2. The van der Waals surface area contributed by atoms with E-state index in [9.17, 15) is 14.7 Å². The second kappa shape index (κ2) is 9.67. The number of benzene rings is 2. The van der Waals surface area contributed by atoms with Crippen LogP contribution in [0.3, 0.4) is 0 Å². The molecule has 7 nitrogen and oxygen atoms in total. The number of likely N-dealkylation sites (N-methyl/N-ethyl adjacent to an activating group) is 1. The van der Waals surface area contributed by atoms with Gasteiger partial charge in [0.05, 0.1) is 11.6 Å². The molecule has 0 aliphatic carbocycles. The smallest absolute Gasteiger partial charge is 0.295 e. The van der Waals surface area contributed by atoms with Gasteiger partial charge in [-0.3, -0.25) is 9.59 Å². The van der Waals surface area contributed by atoms with Crippen LogP contribution in [0.2, 0.25) is 0 Å². The van der Waals surface area contributed by atoms with Crippen molar-refractivity contribution < 1.29 is 24.2 Å². The molecule has 2 aliphatic heterocycles. The molecule has 1 atom stereocenters. The number of aliphatic hydroxyl groups excluding tert-OH is 1. The molecule has 174 valence electrons. The third-order valence-corrected chi connectivity index (χ3v) is 6.30. The minimum Gasteiger partial charge on any atom is -0.507 e. The van der Waals surface area contributed by atoms with E-state index < -0.39 is 17.7 Å². The number of nitrogens with zero attached hydrogens (tertiary/aromatic N) is 2. The van der Waals surface area contributed by atoms with Gasteiger partial charge in [-0.25, -0.2) is 0 Å². The monoisotopic (exact) mass is 450 g/mol. The summed E-state index contributed by atoms with van der Waals surface area (Å²) in [6.07, 6.45) is 0. The van der Waals surface area contributed by atoms with E-state index in [0.29, 0.717) is 43.4 Å². The molecule has 2 aromatic rings. The Morgan fingerprint density at radius 1 is 1.03 bits per heavy atom. The highest BCUT2D eigenvalue weighted by atomic mass is 16.6. The van der Waals surface area contributed by atoms with Crippen molar-refractivity contribution in [3.63, 3.8) is 0 Å². The fourth-order valence-corrected chi connectivity index (χ4v) is 4.34. The van der Waals surface area contributed by atoms with Gasteiger partial charge >= 0.3 is 0 Å². The number of ketones is 1. The Labute approximate surface area is 194 Å². The normalized spacial score (nSPS) is 19.4. The number of aliphatic hydroxyl groups is 1. The van der Waals surface area contributed by atoms with Crippen LogP contribution in [-0.2, 0) is 9.59 Å². The predicted molar refractivity (Wildman–Crippen MR) is 125 cm³/mol. The molecule has 0 spiro atoms. The molecular formula is C26H30N2O5. The van der Waals surface area contributed by atoms with Gasteiger partial charge in [-0.2, -0.15) is 0 Å². The van der Waals surface area contributed by atoms with Crippen molar-refractivity contribution in [2.75, 3.05) is 39.4 Å². The highest BCUT2D eigenvalue weighted by Gasteiger charge is 2.46. The van der Waals surface area contributed by atoms with Crippen molar-refractivity contribution in [3.8, 4) is 11.5 Å². The molecule has 2 aliphatic rings. The second-order valence-electron chi connectivity index (χ2n) is 8.29. The molecule has 1 fully saturated rings. The van der Waals surface area contributed by atoms with Crippen molar-refractivity contribution in [1.29, 1.82) is 0 Å². The number of rotatable bonds is 7. The first-order valence-electron chi connectivity index (χ1n) is 11.4. The standard InChI is InChI=1S/C26H30N2O5/c1-4-27(5-2)12-13-28-23(18-8-6-17(3)7-9-18)22(25(30)26(28)31)24(29)19-10-11-20-21(16-19)33-15-14-32-20/h6-11,16,23,29H,4-5,12-15H2,1-3H3. The molecular weight excluding hydrogens is 420 g/mol. The number of carbonyl (C=O) groups excluding carboxylic acids is 2. The van der Waals surface area contributed by atoms with Crippen molar-refractivity contribution in [3.05, 3.63) is 64.7 Å². The van der Waals surface area contributed by atoms with Crippen LogP contribution in [0.5, 0.6) is 11.5 Å². The summed E-state index contributed by atoms with van der Waals surface area (Å²) in [6.45, 7) is 9.73. The van der Waals surface area contributed by atoms with Gasteiger partial charge in [0, 0.05) is 18.7 Å². The Morgan fingerprint density at radius 2 is 1.70 bits per heavy atom. The minimum atomic E-state index is -0.674. The van der Waals surface area contributed by atoms with E-state index in [1.807, 2.05) is 31.2 Å². The summed E-state index contributed by atoms with van der Waals surface area (Å²) in [4.78, 5) is 30.0. The van der Waals surface area contributed by atoms with Crippen molar-refractivity contribution in [2.45, 2.75) is 26.8 Å². The zero-order valence-electron chi connectivity index (χ0n) is 19.3. The van der Waals surface area contributed by atoms with Gasteiger partial charge < -0.3 is 24.4 Å². The quantitative estimate of drug-likeness (QED) is 0.395. The van der Waals surface area contributed by atoms with E-state index in [1.54, 1.807) is 23.1 Å². The number of aryl methyl sites for hydroxylation is 1. The molecule has 1 unspecified atom stereocenters. The summed E-state index contributed by atoms with van der Waals surface area (Å²) >= 11 is 0. The fraction of sp³-hybridized carbons (Fsp3) is 0.385. The molecule has 1 saturated heterocycles. The Balaban J connectivity index is 1.78. The summed E-state index contributed by atoms with van der Waals surface area (Å²) < 4.78 is 11.2. The predicted octanol–water partition coefficient (Wildman–Crippen LogP) is 3.53. The van der Waals surface area contributed by atoms with Crippen LogP contribution in [0.25, 0.3) is 5.76 Å². The molecule has 0 bridgehead atoms. The molecule has 2 heterocycles. The van der Waals surface area contributed by atoms with Crippen LogP contribution >= 0.6 is 0 Å². The van der Waals surface area contributed by atoms with Gasteiger partial charge in [-0.15, -0.1) is 0 Å². The maximum absolute atomic E-state index is 13.2. The molecule has 1 N–H and O–H groups in total. The highest BCUT2D eigenvalue weighted by Crippen LogP contribution is 2.41. The molecule has 7 heteroatoms. The van der Waals surface area contributed by atoms with Gasteiger partial charge in [-0.1, -0.05) is 43.7 Å². The number of likely N-dealkylation sites (tertiary alicyclic amines) is 1. The molecule has 0 aromatic heterocycles. The van der Waals surface area contributed by atoms with Gasteiger partial charge in [0.2, 0.25) is 0 Å². The molecule has 4 rings (SSSR count). The van der Waals surface area contributed by atoms with Crippen molar-refractivity contribution >= 4 is 17.4 Å². The molecule has 33 heavy (non-hydrogen) atoms. The first kappa shape index (κ1) is 22.9. The lowest BCUT2D eigenvalue weighted by Crippen LogP contribution is -2.38. The zero-order valence-corrected chi connectivity index (χ0v) is 19.3. The van der Waals surface area contributed by atoms with Crippen LogP contribution in [0, 0.1) is 6.92 Å². The van der Waals surface area contributed by atoms with E-state index in [-0.39, 0.29) is 11.3 Å². The van der Waals surface area contributed by atoms with Crippen LogP contribution in [-0.4, -0.2) is 66.0 Å². The van der Waals surface area contributed by atoms with Gasteiger partial charge in [0.1, 0.15) is 19.0 Å². The number of Topliss-reactive ketones (excluding diaryl/α,β-unsaturated/α-hetero) is 1. The summed E-state index contributed by atoms with van der Waals surface area (Å²) in [7, 11) is 0. The van der Waals surface area contributed by atoms with Gasteiger partial charge in [0.25, 0.3) is 11.7 Å². The Hall–Kier alpha value is -3.32. The average Bonchev–Trinajstić information content (AvgIpc) is 3.09. The van der Waals surface area contributed by atoms with E-state index in [4.69, 9.17) is 9.47 Å². The third-order valence-electron chi connectivity index (χ3n) is 6.30. The fourth-order valence-electron chi connectivity index (χ4n) is 4.34. The van der Waals surface area contributed by atoms with E-state index in [0.717, 1.165) is 24.2 Å². The van der Waals surface area contributed by atoms with Crippen LogP contribution in [0.15, 0.2) is 48.0 Å². The van der Waals surface area contributed by atoms with Gasteiger partial charge in [0.15, 0.2) is 11.5 Å². The van der Waals surface area contributed by atoms with E-state index in [2.05, 4.69) is 18.7 Å². The Kier molecular flexibility index (Phi) is 6.70. The Morgan fingerprint density at radius 3 is 2.36 bits per heavy atom. The molecule has 1 amide bonds. The lowest BCUT2D eigenvalue weighted by atomic mass is 9.94.